The molecule has 26 heavy (non-hydrogen) atoms. The molecule has 0 heterocycles. The number of unbranched alkanes of at least 4 members (excludes halogenated alkanes) is 15. The van der Waals surface area contributed by atoms with Crippen LogP contribution in [0.1, 0.15) is 143 Å². The maximum absolute atomic E-state index is 5.75. The van der Waals surface area contributed by atoms with Crippen molar-refractivity contribution in [2.45, 2.75) is 143 Å². The minimum atomic E-state index is 0.456. The van der Waals surface area contributed by atoms with Gasteiger partial charge in [0.2, 0.25) is 0 Å². The average Bonchev–Trinajstić information content (AvgIpc) is 2.59. The fraction of sp³-hybridized carbons (Fsp3) is 1.00. The summed E-state index contributed by atoms with van der Waals surface area (Å²) in [5.74, 6) is 0. The molecule has 0 aromatic heterocycles. The monoisotopic (exact) mass is 368 g/mol. The lowest BCUT2D eigenvalue weighted by Crippen LogP contribution is -2.07. The van der Waals surface area contributed by atoms with E-state index in [0.717, 1.165) is 13.2 Å². The SMILES string of the molecule is CCCCCCCCCCCCCCCCCCOCCCC(C)(C)C. The lowest BCUT2D eigenvalue weighted by Gasteiger charge is -2.17. The highest BCUT2D eigenvalue weighted by Gasteiger charge is 2.08. The summed E-state index contributed by atoms with van der Waals surface area (Å²) in [5.41, 5.74) is 0.456. The Kier molecular flexibility index (Phi) is 19.7. The van der Waals surface area contributed by atoms with Crippen LogP contribution in [0, 0.1) is 5.41 Å². The topological polar surface area (TPSA) is 9.23 Å². The second-order valence-electron chi connectivity index (χ2n) is 9.58. The minimum absolute atomic E-state index is 0.456. The minimum Gasteiger partial charge on any atom is -0.381 e. The molecule has 0 bridgehead atoms. The van der Waals surface area contributed by atoms with Crippen LogP contribution in [0.15, 0.2) is 0 Å². The predicted octanol–water partition coefficient (Wildman–Crippen LogP) is 9.09. The summed E-state index contributed by atoms with van der Waals surface area (Å²) in [7, 11) is 0. The van der Waals surface area contributed by atoms with E-state index >= 15 is 0 Å². The molecular weight excluding hydrogens is 316 g/mol. The van der Waals surface area contributed by atoms with Crippen LogP contribution in [-0.4, -0.2) is 13.2 Å². The molecule has 0 unspecified atom stereocenters. The van der Waals surface area contributed by atoms with E-state index in [4.69, 9.17) is 4.74 Å². The first-order valence-corrected chi connectivity index (χ1v) is 12.1. The van der Waals surface area contributed by atoms with Gasteiger partial charge in [0.1, 0.15) is 0 Å². The number of hydrogen-bond donors (Lipinski definition) is 0. The van der Waals surface area contributed by atoms with Gasteiger partial charge in [-0.1, -0.05) is 124 Å². The molecule has 1 nitrogen and oxygen atoms in total. The van der Waals surface area contributed by atoms with Gasteiger partial charge in [0.05, 0.1) is 0 Å². The van der Waals surface area contributed by atoms with Crippen molar-refractivity contribution >= 4 is 0 Å². The highest BCUT2D eigenvalue weighted by Crippen LogP contribution is 2.20. The Hall–Kier alpha value is -0.0400. The van der Waals surface area contributed by atoms with Crippen LogP contribution in [0.3, 0.4) is 0 Å². The molecule has 0 saturated heterocycles. The van der Waals surface area contributed by atoms with Gasteiger partial charge in [0.15, 0.2) is 0 Å². The van der Waals surface area contributed by atoms with E-state index < -0.39 is 0 Å². The molecule has 0 atom stereocenters. The van der Waals surface area contributed by atoms with E-state index in [1.165, 1.54) is 116 Å². The molecule has 0 fully saturated rings. The molecule has 0 aromatic rings. The van der Waals surface area contributed by atoms with Gasteiger partial charge >= 0.3 is 0 Å². The molecule has 0 aliphatic heterocycles. The van der Waals surface area contributed by atoms with Crippen molar-refractivity contribution in [1.29, 1.82) is 0 Å². The van der Waals surface area contributed by atoms with Crippen LogP contribution >= 0.6 is 0 Å². The smallest absolute Gasteiger partial charge is 0.0466 e. The zero-order chi connectivity index (χ0) is 19.3. The first-order valence-electron chi connectivity index (χ1n) is 12.1. The third-order valence-electron chi connectivity index (χ3n) is 5.36. The highest BCUT2D eigenvalue weighted by molar-refractivity contribution is 4.60. The Labute approximate surface area is 167 Å². The van der Waals surface area contributed by atoms with Crippen molar-refractivity contribution in [2.24, 2.45) is 5.41 Å². The van der Waals surface area contributed by atoms with Crippen molar-refractivity contribution < 1.29 is 4.74 Å². The zero-order valence-electron chi connectivity index (χ0n) is 19.1. The van der Waals surface area contributed by atoms with Crippen molar-refractivity contribution in [3.05, 3.63) is 0 Å². The molecule has 0 spiro atoms. The van der Waals surface area contributed by atoms with E-state index in [1.807, 2.05) is 0 Å². The average molecular weight is 369 g/mol. The second kappa shape index (κ2) is 19.7. The van der Waals surface area contributed by atoms with Crippen LogP contribution < -0.4 is 0 Å². The quantitative estimate of drug-likeness (QED) is 0.195. The maximum atomic E-state index is 5.75. The third kappa shape index (κ3) is 24.0. The molecule has 0 amide bonds. The number of ether oxygens (including phenoxy) is 1. The molecule has 0 radical (unpaired) electrons. The molecule has 0 saturated carbocycles. The van der Waals surface area contributed by atoms with Gasteiger partial charge in [-0.05, 0) is 24.7 Å². The zero-order valence-corrected chi connectivity index (χ0v) is 19.1. The molecule has 0 aliphatic rings. The number of hydrogen-bond acceptors (Lipinski definition) is 1. The summed E-state index contributed by atoms with van der Waals surface area (Å²) < 4.78 is 5.75. The van der Waals surface area contributed by atoms with E-state index in [0.29, 0.717) is 5.41 Å². The van der Waals surface area contributed by atoms with Crippen molar-refractivity contribution in [2.75, 3.05) is 13.2 Å². The Bertz CT molecular complexity index is 253. The number of rotatable bonds is 20. The van der Waals surface area contributed by atoms with Crippen LogP contribution in [0.4, 0.5) is 0 Å². The van der Waals surface area contributed by atoms with Crippen molar-refractivity contribution in [3.8, 4) is 0 Å². The third-order valence-corrected chi connectivity index (χ3v) is 5.36. The standard InChI is InChI=1S/C25H52O/c1-5-6-7-8-9-10-11-12-13-14-15-16-17-18-19-20-23-26-24-21-22-25(2,3)4/h5-24H2,1-4H3. The normalized spacial score (nSPS) is 12.0. The van der Waals surface area contributed by atoms with E-state index in [2.05, 4.69) is 27.7 Å². The lowest BCUT2D eigenvalue weighted by atomic mass is 9.91. The Morgan fingerprint density at radius 3 is 1.19 bits per heavy atom. The Morgan fingerprint density at radius 2 is 0.808 bits per heavy atom. The first kappa shape index (κ1) is 26.0. The van der Waals surface area contributed by atoms with Gasteiger partial charge in [-0.3, -0.25) is 0 Å². The van der Waals surface area contributed by atoms with Gasteiger partial charge in [-0.15, -0.1) is 0 Å². The summed E-state index contributed by atoms with van der Waals surface area (Å²) in [6.45, 7) is 11.1. The van der Waals surface area contributed by atoms with Gasteiger partial charge in [0, 0.05) is 13.2 Å². The van der Waals surface area contributed by atoms with Crippen LogP contribution in [0.2, 0.25) is 0 Å². The van der Waals surface area contributed by atoms with Crippen molar-refractivity contribution in [3.63, 3.8) is 0 Å². The van der Waals surface area contributed by atoms with E-state index in [9.17, 15) is 0 Å². The maximum Gasteiger partial charge on any atom is 0.0466 e. The lowest BCUT2D eigenvalue weighted by molar-refractivity contribution is 0.118. The largest absolute Gasteiger partial charge is 0.381 e. The van der Waals surface area contributed by atoms with Gasteiger partial charge in [-0.25, -0.2) is 0 Å². The van der Waals surface area contributed by atoms with Crippen LogP contribution in [0.25, 0.3) is 0 Å². The fourth-order valence-corrected chi connectivity index (χ4v) is 3.56. The van der Waals surface area contributed by atoms with Crippen LogP contribution in [-0.2, 0) is 4.74 Å². The molecular formula is C25H52O. The van der Waals surface area contributed by atoms with Crippen molar-refractivity contribution in [1.82, 2.24) is 0 Å². The van der Waals surface area contributed by atoms with E-state index in [-0.39, 0.29) is 0 Å². The van der Waals surface area contributed by atoms with Gasteiger partial charge in [0.25, 0.3) is 0 Å². The van der Waals surface area contributed by atoms with Gasteiger partial charge in [-0.2, -0.15) is 0 Å². The Balaban J connectivity index is 3.01. The second-order valence-corrected chi connectivity index (χ2v) is 9.58. The summed E-state index contributed by atoms with van der Waals surface area (Å²) in [6.07, 6.45) is 25.4. The molecule has 158 valence electrons. The Morgan fingerprint density at radius 1 is 0.462 bits per heavy atom. The molecule has 0 aromatic carbocycles. The summed E-state index contributed by atoms with van der Waals surface area (Å²) in [5, 5.41) is 0. The van der Waals surface area contributed by atoms with Gasteiger partial charge < -0.3 is 4.74 Å². The summed E-state index contributed by atoms with van der Waals surface area (Å²) >= 11 is 0. The highest BCUT2D eigenvalue weighted by atomic mass is 16.5. The molecule has 0 aliphatic carbocycles. The summed E-state index contributed by atoms with van der Waals surface area (Å²) in [4.78, 5) is 0. The molecule has 1 heteroatoms. The van der Waals surface area contributed by atoms with Crippen LogP contribution in [0.5, 0.6) is 0 Å². The molecule has 0 rings (SSSR count). The van der Waals surface area contributed by atoms with E-state index in [1.54, 1.807) is 0 Å². The predicted molar refractivity (Wildman–Crippen MR) is 119 cm³/mol. The summed E-state index contributed by atoms with van der Waals surface area (Å²) in [6, 6.07) is 0. The fourth-order valence-electron chi connectivity index (χ4n) is 3.56. The molecule has 0 N–H and O–H groups in total. The first-order chi connectivity index (χ1) is 12.6.